The molecule has 0 unspecified atom stereocenters. The SMILES string of the molecule is CCNCc1cc(I)c(OCC)c(OCC)c1.Cl. The normalized spacial score (nSPS) is 9.78. The molecular formula is C13H21ClINO2. The smallest absolute Gasteiger partial charge is 0.174 e. The Bertz CT molecular complexity index is 361. The van der Waals surface area contributed by atoms with E-state index in [9.17, 15) is 0 Å². The van der Waals surface area contributed by atoms with Crippen LogP contribution in [0, 0.1) is 3.57 Å². The quantitative estimate of drug-likeness (QED) is 0.727. The molecule has 5 heteroatoms. The molecule has 0 aromatic heterocycles. The van der Waals surface area contributed by atoms with Gasteiger partial charge in [0.25, 0.3) is 0 Å². The van der Waals surface area contributed by atoms with E-state index in [2.05, 4.69) is 47.0 Å². The summed E-state index contributed by atoms with van der Waals surface area (Å²) in [6.07, 6.45) is 0. The van der Waals surface area contributed by atoms with Crippen LogP contribution in [-0.4, -0.2) is 19.8 Å². The average molecular weight is 386 g/mol. The van der Waals surface area contributed by atoms with Crippen molar-refractivity contribution in [3.8, 4) is 11.5 Å². The van der Waals surface area contributed by atoms with Crippen molar-refractivity contribution in [3.05, 3.63) is 21.3 Å². The fourth-order valence-corrected chi connectivity index (χ4v) is 2.36. The molecule has 1 aromatic rings. The first kappa shape index (κ1) is 17.8. The molecule has 104 valence electrons. The third kappa shape index (κ3) is 5.20. The zero-order valence-electron chi connectivity index (χ0n) is 11.1. The standard InChI is InChI=1S/C13H20INO2.ClH/c1-4-15-9-10-7-11(14)13(17-6-3)12(8-10)16-5-2;/h7-8,15H,4-6,9H2,1-3H3;1H. The molecule has 1 N–H and O–H groups in total. The molecular weight excluding hydrogens is 365 g/mol. The molecule has 1 rings (SSSR count). The van der Waals surface area contributed by atoms with E-state index in [4.69, 9.17) is 9.47 Å². The number of benzene rings is 1. The van der Waals surface area contributed by atoms with Crippen LogP contribution in [0.4, 0.5) is 0 Å². The summed E-state index contributed by atoms with van der Waals surface area (Å²) in [6, 6.07) is 4.19. The number of hydrogen-bond donors (Lipinski definition) is 1. The van der Waals surface area contributed by atoms with E-state index in [0.29, 0.717) is 13.2 Å². The Hall–Kier alpha value is -0.200. The van der Waals surface area contributed by atoms with Crippen LogP contribution < -0.4 is 14.8 Å². The second kappa shape index (κ2) is 9.69. The molecule has 0 fully saturated rings. The summed E-state index contributed by atoms with van der Waals surface area (Å²) in [6.45, 7) is 9.21. The van der Waals surface area contributed by atoms with Gasteiger partial charge in [-0.25, -0.2) is 0 Å². The van der Waals surface area contributed by atoms with E-state index in [1.807, 2.05) is 13.8 Å². The molecule has 3 nitrogen and oxygen atoms in total. The highest BCUT2D eigenvalue weighted by molar-refractivity contribution is 14.1. The maximum Gasteiger partial charge on any atom is 0.174 e. The van der Waals surface area contributed by atoms with E-state index < -0.39 is 0 Å². The summed E-state index contributed by atoms with van der Waals surface area (Å²) in [5.74, 6) is 1.70. The van der Waals surface area contributed by atoms with Gasteiger partial charge in [0.1, 0.15) is 0 Å². The molecule has 0 aliphatic carbocycles. The Labute approximate surface area is 129 Å². The van der Waals surface area contributed by atoms with Crippen LogP contribution in [0.25, 0.3) is 0 Å². The molecule has 0 aliphatic rings. The zero-order chi connectivity index (χ0) is 12.7. The molecule has 0 saturated carbocycles. The molecule has 0 saturated heterocycles. The molecule has 0 radical (unpaired) electrons. The monoisotopic (exact) mass is 385 g/mol. The van der Waals surface area contributed by atoms with Gasteiger partial charge in [-0.15, -0.1) is 12.4 Å². The molecule has 0 atom stereocenters. The molecule has 0 aliphatic heterocycles. The highest BCUT2D eigenvalue weighted by atomic mass is 127. The van der Waals surface area contributed by atoms with Gasteiger partial charge < -0.3 is 14.8 Å². The molecule has 1 aromatic carbocycles. The van der Waals surface area contributed by atoms with Crippen molar-refractivity contribution in [3.63, 3.8) is 0 Å². The molecule has 0 heterocycles. The number of ether oxygens (including phenoxy) is 2. The van der Waals surface area contributed by atoms with Crippen LogP contribution in [0.3, 0.4) is 0 Å². The summed E-state index contributed by atoms with van der Waals surface area (Å²) < 4.78 is 12.4. The van der Waals surface area contributed by atoms with Crippen molar-refractivity contribution in [2.45, 2.75) is 27.3 Å². The Morgan fingerprint density at radius 3 is 2.33 bits per heavy atom. The van der Waals surface area contributed by atoms with E-state index in [1.54, 1.807) is 0 Å². The highest BCUT2D eigenvalue weighted by Gasteiger charge is 2.11. The minimum absolute atomic E-state index is 0. The van der Waals surface area contributed by atoms with Crippen LogP contribution in [0.1, 0.15) is 26.3 Å². The number of hydrogen-bond acceptors (Lipinski definition) is 3. The van der Waals surface area contributed by atoms with Gasteiger partial charge in [-0.05, 0) is 60.7 Å². The Morgan fingerprint density at radius 2 is 1.78 bits per heavy atom. The second-order valence-corrected chi connectivity index (χ2v) is 4.71. The maximum absolute atomic E-state index is 5.63. The van der Waals surface area contributed by atoms with Gasteiger partial charge in [0.05, 0.1) is 16.8 Å². The maximum atomic E-state index is 5.63. The van der Waals surface area contributed by atoms with Crippen molar-refractivity contribution in [1.82, 2.24) is 5.32 Å². The lowest BCUT2D eigenvalue weighted by Crippen LogP contribution is -2.12. The average Bonchev–Trinajstić information content (AvgIpc) is 2.31. The predicted molar refractivity (Wildman–Crippen MR) is 86.1 cm³/mol. The summed E-state index contributed by atoms with van der Waals surface area (Å²) in [5, 5.41) is 3.31. The van der Waals surface area contributed by atoms with Gasteiger partial charge in [0.15, 0.2) is 11.5 Å². The van der Waals surface area contributed by atoms with E-state index in [1.165, 1.54) is 5.56 Å². The van der Waals surface area contributed by atoms with Crippen molar-refractivity contribution in [2.24, 2.45) is 0 Å². The summed E-state index contributed by atoms with van der Waals surface area (Å²) >= 11 is 2.29. The molecule has 0 bridgehead atoms. The highest BCUT2D eigenvalue weighted by Crippen LogP contribution is 2.34. The first-order valence-corrected chi connectivity index (χ1v) is 7.09. The van der Waals surface area contributed by atoms with E-state index in [-0.39, 0.29) is 12.4 Å². The van der Waals surface area contributed by atoms with Crippen LogP contribution in [-0.2, 0) is 6.54 Å². The van der Waals surface area contributed by atoms with Gasteiger partial charge in [0, 0.05) is 6.54 Å². The number of nitrogens with one attached hydrogen (secondary N) is 1. The van der Waals surface area contributed by atoms with Gasteiger partial charge >= 0.3 is 0 Å². The number of halogens is 2. The second-order valence-electron chi connectivity index (χ2n) is 3.55. The summed E-state index contributed by atoms with van der Waals surface area (Å²) in [5.41, 5.74) is 1.23. The fourth-order valence-electron chi connectivity index (χ4n) is 1.54. The first-order valence-electron chi connectivity index (χ1n) is 6.01. The van der Waals surface area contributed by atoms with Crippen LogP contribution in [0.2, 0.25) is 0 Å². The van der Waals surface area contributed by atoms with Crippen molar-refractivity contribution in [1.29, 1.82) is 0 Å². The summed E-state index contributed by atoms with van der Waals surface area (Å²) in [4.78, 5) is 0. The third-order valence-corrected chi connectivity index (χ3v) is 3.04. The lowest BCUT2D eigenvalue weighted by atomic mass is 10.2. The van der Waals surface area contributed by atoms with Gasteiger partial charge in [0.2, 0.25) is 0 Å². The number of rotatable bonds is 7. The topological polar surface area (TPSA) is 30.5 Å². The molecule has 0 spiro atoms. The van der Waals surface area contributed by atoms with Crippen LogP contribution in [0.5, 0.6) is 11.5 Å². The fraction of sp³-hybridized carbons (Fsp3) is 0.538. The van der Waals surface area contributed by atoms with Gasteiger partial charge in [-0.3, -0.25) is 0 Å². The zero-order valence-corrected chi connectivity index (χ0v) is 14.1. The van der Waals surface area contributed by atoms with Gasteiger partial charge in [-0.2, -0.15) is 0 Å². The molecule has 18 heavy (non-hydrogen) atoms. The third-order valence-electron chi connectivity index (χ3n) is 2.24. The minimum Gasteiger partial charge on any atom is -0.490 e. The summed E-state index contributed by atoms with van der Waals surface area (Å²) in [7, 11) is 0. The Kier molecular flexibility index (Phi) is 9.59. The van der Waals surface area contributed by atoms with Gasteiger partial charge in [-0.1, -0.05) is 6.92 Å². The predicted octanol–water partition coefficient (Wildman–Crippen LogP) is 3.62. The first-order chi connectivity index (χ1) is 8.22. The van der Waals surface area contributed by atoms with E-state index >= 15 is 0 Å². The van der Waals surface area contributed by atoms with Crippen molar-refractivity contribution >= 4 is 35.0 Å². The molecule has 0 amide bonds. The Morgan fingerprint density at radius 1 is 1.11 bits per heavy atom. The largest absolute Gasteiger partial charge is 0.490 e. The van der Waals surface area contributed by atoms with Crippen molar-refractivity contribution < 1.29 is 9.47 Å². The minimum atomic E-state index is 0. The lowest BCUT2D eigenvalue weighted by Gasteiger charge is -2.14. The van der Waals surface area contributed by atoms with Crippen LogP contribution >= 0.6 is 35.0 Å². The Balaban J connectivity index is 0.00000289. The van der Waals surface area contributed by atoms with Crippen LogP contribution in [0.15, 0.2) is 12.1 Å². The lowest BCUT2D eigenvalue weighted by molar-refractivity contribution is 0.285. The van der Waals surface area contributed by atoms with E-state index in [0.717, 1.165) is 28.2 Å². The van der Waals surface area contributed by atoms with Crippen molar-refractivity contribution in [2.75, 3.05) is 19.8 Å².